The van der Waals surface area contributed by atoms with Crippen LogP contribution < -0.4 is 0 Å². The van der Waals surface area contributed by atoms with Crippen LogP contribution in [0.1, 0.15) is 79.1 Å². The van der Waals surface area contributed by atoms with Crippen molar-refractivity contribution in [3.8, 4) is 0 Å². The molecule has 0 amide bonds. The normalized spacial score (nSPS) is 14.9. The van der Waals surface area contributed by atoms with Crippen LogP contribution in [-0.4, -0.2) is 6.29 Å². The lowest BCUT2D eigenvalue weighted by molar-refractivity contribution is 0.393. The van der Waals surface area contributed by atoms with E-state index in [2.05, 4.69) is 27.7 Å². The summed E-state index contributed by atoms with van der Waals surface area (Å²) in [6.45, 7) is 9.23. The maximum atomic E-state index is 10.1. The average Bonchev–Trinajstić information content (AvgIpc) is 2.25. The average molecular weight is 239 g/mol. The van der Waals surface area contributed by atoms with Gasteiger partial charge in [0, 0.05) is 6.42 Å². The van der Waals surface area contributed by atoms with Crippen molar-refractivity contribution in [2.45, 2.75) is 79.1 Å². The molecule has 101 valence electrons. The minimum absolute atomic E-state index is 0.616. The van der Waals surface area contributed by atoms with Crippen LogP contribution in [0.25, 0.3) is 0 Å². The van der Waals surface area contributed by atoms with Crippen molar-refractivity contribution in [3.05, 3.63) is 0 Å². The van der Waals surface area contributed by atoms with Crippen LogP contribution in [0.15, 0.2) is 0 Å². The predicted octanol–water partition coefficient (Wildman–Crippen LogP) is 5.15. The van der Waals surface area contributed by atoms with Crippen LogP contribution in [0.3, 0.4) is 0 Å². The van der Waals surface area contributed by atoms with E-state index < -0.39 is 0 Å². The molecule has 1 heteroatoms. The smallest absolute Gasteiger partial charge is 0.198 e. The first-order chi connectivity index (χ1) is 8.06. The maximum absolute atomic E-state index is 10.1. The van der Waals surface area contributed by atoms with Gasteiger partial charge in [0.15, 0.2) is 6.29 Å². The molecule has 0 rings (SSSR count). The van der Waals surface area contributed by atoms with Gasteiger partial charge in [0.05, 0.1) is 0 Å². The summed E-state index contributed by atoms with van der Waals surface area (Å²) in [6.07, 6.45) is 11.7. The molecule has 0 aromatic carbocycles. The van der Waals surface area contributed by atoms with E-state index in [0.29, 0.717) is 12.3 Å². The minimum Gasteiger partial charge on any atom is -0.291 e. The van der Waals surface area contributed by atoms with E-state index >= 15 is 0 Å². The summed E-state index contributed by atoms with van der Waals surface area (Å²) >= 11 is 0. The zero-order valence-electron chi connectivity index (χ0n) is 12.3. The fourth-order valence-corrected chi connectivity index (χ4v) is 2.28. The highest BCUT2D eigenvalue weighted by Crippen LogP contribution is 2.20. The summed E-state index contributed by atoms with van der Waals surface area (Å²) in [4.78, 5) is 10.1. The van der Waals surface area contributed by atoms with Crippen LogP contribution in [0.2, 0.25) is 0 Å². The number of rotatable bonds is 11. The van der Waals surface area contributed by atoms with Gasteiger partial charge < -0.3 is 0 Å². The Bertz CT molecular complexity index is 174. The highest BCUT2D eigenvalue weighted by Gasteiger charge is 2.06. The van der Waals surface area contributed by atoms with Gasteiger partial charge >= 0.3 is 0 Å². The second kappa shape index (κ2) is 10.8. The molecule has 0 saturated carbocycles. The lowest BCUT2D eigenvalue weighted by Gasteiger charge is -2.14. The van der Waals surface area contributed by atoms with Gasteiger partial charge in [0.2, 0.25) is 0 Å². The van der Waals surface area contributed by atoms with E-state index in [1.165, 1.54) is 38.5 Å². The number of hydrogen-bond acceptors (Lipinski definition) is 1. The lowest BCUT2D eigenvalue weighted by Crippen LogP contribution is -2.00. The van der Waals surface area contributed by atoms with E-state index in [0.717, 1.165) is 18.3 Å². The minimum atomic E-state index is 0.616. The monoisotopic (exact) mass is 239 g/mol. The van der Waals surface area contributed by atoms with Gasteiger partial charge in [-0.25, -0.2) is 0 Å². The highest BCUT2D eigenvalue weighted by molar-refractivity contribution is 5.50. The van der Waals surface area contributed by atoms with Crippen LogP contribution in [-0.2, 0) is 4.79 Å². The summed E-state index contributed by atoms with van der Waals surface area (Å²) in [5.41, 5.74) is 0. The molecule has 1 nitrogen and oxygen atoms in total. The van der Waals surface area contributed by atoms with Gasteiger partial charge in [-0.05, 0) is 24.2 Å². The Hall–Kier alpha value is -0.330. The molecule has 0 N–H and O–H groups in total. The Morgan fingerprint density at radius 2 is 1.24 bits per heavy atom. The van der Waals surface area contributed by atoms with Gasteiger partial charge in [-0.3, -0.25) is 4.79 Å². The standard InChI is InChI=1S/C16H31O/c1-14(2)8-5-9-15(3)10-6-11-16(4)12-7-13-17/h14-16H,5-12H2,1-4H3. The molecule has 17 heavy (non-hydrogen) atoms. The van der Waals surface area contributed by atoms with Gasteiger partial charge in [-0.15, -0.1) is 0 Å². The molecule has 0 bridgehead atoms. The fraction of sp³-hybridized carbons (Fsp3) is 0.938. The molecule has 0 saturated heterocycles. The predicted molar refractivity (Wildman–Crippen MR) is 75.8 cm³/mol. The highest BCUT2D eigenvalue weighted by atomic mass is 16.1. The SMILES string of the molecule is CC(C)CCCC(C)CCCC(C)CC[C]=O. The lowest BCUT2D eigenvalue weighted by atomic mass is 9.92. The Morgan fingerprint density at radius 1 is 0.765 bits per heavy atom. The maximum Gasteiger partial charge on any atom is 0.198 e. The zero-order chi connectivity index (χ0) is 13.1. The molecular weight excluding hydrogens is 208 g/mol. The molecule has 0 aliphatic heterocycles. The molecule has 2 atom stereocenters. The van der Waals surface area contributed by atoms with Crippen LogP contribution in [0.4, 0.5) is 0 Å². The van der Waals surface area contributed by atoms with Crippen LogP contribution in [0, 0.1) is 17.8 Å². The molecule has 0 aliphatic carbocycles. The molecule has 0 fully saturated rings. The van der Waals surface area contributed by atoms with Crippen molar-refractivity contribution in [1.82, 2.24) is 0 Å². The topological polar surface area (TPSA) is 17.1 Å². The second-order valence-corrected chi connectivity index (χ2v) is 6.15. The van der Waals surface area contributed by atoms with Crippen molar-refractivity contribution in [2.75, 3.05) is 0 Å². The van der Waals surface area contributed by atoms with Gasteiger partial charge in [0.25, 0.3) is 0 Å². The van der Waals surface area contributed by atoms with Gasteiger partial charge in [-0.1, -0.05) is 66.2 Å². The van der Waals surface area contributed by atoms with E-state index in [9.17, 15) is 4.79 Å². The summed E-state index contributed by atoms with van der Waals surface area (Å²) < 4.78 is 0. The Kier molecular flexibility index (Phi) is 10.6. The fourth-order valence-electron chi connectivity index (χ4n) is 2.28. The quantitative estimate of drug-likeness (QED) is 0.487. The summed E-state index contributed by atoms with van der Waals surface area (Å²) in [6, 6.07) is 0. The second-order valence-electron chi connectivity index (χ2n) is 6.15. The van der Waals surface area contributed by atoms with E-state index in [1.54, 1.807) is 0 Å². The Morgan fingerprint density at radius 3 is 1.71 bits per heavy atom. The molecule has 2 unspecified atom stereocenters. The van der Waals surface area contributed by atoms with Crippen LogP contribution in [0.5, 0.6) is 0 Å². The Balaban J connectivity index is 3.37. The molecule has 1 radical (unpaired) electrons. The van der Waals surface area contributed by atoms with Crippen molar-refractivity contribution in [2.24, 2.45) is 17.8 Å². The van der Waals surface area contributed by atoms with E-state index in [1.807, 2.05) is 6.29 Å². The third-order valence-corrected chi connectivity index (χ3v) is 3.61. The summed E-state index contributed by atoms with van der Waals surface area (Å²) in [7, 11) is 0. The Labute approximate surface area is 108 Å². The summed E-state index contributed by atoms with van der Waals surface area (Å²) in [5, 5.41) is 0. The first kappa shape index (κ1) is 16.7. The largest absolute Gasteiger partial charge is 0.291 e. The van der Waals surface area contributed by atoms with Crippen molar-refractivity contribution < 1.29 is 4.79 Å². The molecule has 0 aliphatic rings. The third-order valence-electron chi connectivity index (χ3n) is 3.61. The zero-order valence-corrected chi connectivity index (χ0v) is 12.3. The number of hydrogen-bond donors (Lipinski definition) is 0. The molecular formula is C16H31O. The summed E-state index contributed by atoms with van der Waals surface area (Å²) in [5.74, 6) is 2.42. The van der Waals surface area contributed by atoms with Gasteiger partial charge in [0.1, 0.15) is 0 Å². The third kappa shape index (κ3) is 11.9. The van der Waals surface area contributed by atoms with Crippen LogP contribution >= 0.6 is 0 Å². The molecule has 0 spiro atoms. The van der Waals surface area contributed by atoms with E-state index in [4.69, 9.17) is 0 Å². The van der Waals surface area contributed by atoms with Crippen molar-refractivity contribution in [3.63, 3.8) is 0 Å². The van der Waals surface area contributed by atoms with Crippen molar-refractivity contribution >= 4 is 6.29 Å². The van der Waals surface area contributed by atoms with Gasteiger partial charge in [-0.2, -0.15) is 0 Å². The molecule has 0 heterocycles. The number of carbonyl (C=O) groups excluding carboxylic acids is 1. The van der Waals surface area contributed by atoms with E-state index in [-0.39, 0.29) is 0 Å². The van der Waals surface area contributed by atoms with Crippen molar-refractivity contribution in [1.29, 1.82) is 0 Å². The molecule has 0 aromatic heterocycles. The molecule has 0 aromatic rings. The first-order valence-corrected chi connectivity index (χ1v) is 7.41. The first-order valence-electron chi connectivity index (χ1n) is 7.41.